The number of nitrogens with one attached hydrogen (secondary N) is 2. The number of anilines is 1. The normalized spacial score (nSPS) is 19.8. The lowest BCUT2D eigenvalue weighted by molar-refractivity contribution is -0.862. The fraction of sp³-hybridized carbons (Fsp3) is 0.556. The molecule has 2 atom stereocenters. The first-order valence-electron chi connectivity index (χ1n) is 8.72. The van der Waals surface area contributed by atoms with Gasteiger partial charge in [-0.25, -0.2) is 8.42 Å². The van der Waals surface area contributed by atoms with Crippen molar-refractivity contribution >= 4 is 27.3 Å². The van der Waals surface area contributed by atoms with Gasteiger partial charge in [0.15, 0.2) is 22.9 Å². The van der Waals surface area contributed by atoms with E-state index in [0.717, 1.165) is 21.7 Å². The number of benzene rings is 1. The smallest absolute Gasteiger partial charge is 0.279 e. The average Bonchev–Trinajstić information content (AvgIpc) is 2.90. The van der Waals surface area contributed by atoms with Crippen LogP contribution in [0.15, 0.2) is 18.2 Å². The average molecular weight is 383 g/mol. The van der Waals surface area contributed by atoms with Gasteiger partial charge < -0.3 is 15.1 Å². The first-order valence-corrected chi connectivity index (χ1v) is 10.5. The molecule has 0 saturated carbocycles. The highest BCUT2D eigenvalue weighted by Crippen LogP contribution is 2.19. The number of carbonyl (C=O) groups excluding carboxylic acids is 2. The Morgan fingerprint density at radius 1 is 1.23 bits per heavy atom. The van der Waals surface area contributed by atoms with Crippen LogP contribution in [-0.4, -0.2) is 69.9 Å². The summed E-state index contributed by atoms with van der Waals surface area (Å²) < 4.78 is 23.1. The minimum Gasteiger partial charge on any atom is -0.337 e. The van der Waals surface area contributed by atoms with Gasteiger partial charge in [-0.3, -0.25) is 9.59 Å². The molecule has 1 heterocycles. The van der Waals surface area contributed by atoms with Gasteiger partial charge in [0.25, 0.3) is 11.8 Å². The van der Waals surface area contributed by atoms with E-state index in [2.05, 4.69) is 5.32 Å². The minimum absolute atomic E-state index is 0.0291. The van der Waals surface area contributed by atoms with Crippen molar-refractivity contribution in [3.05, 3.63) is 29.3 Å². The summed E-state index contributed by atoms with van der Waals surface area (Å²) in [6.07, 6.45) is 0.483. The standard InChI is InChI=1S/C18H27N3O4S/c1-13-6-5-7-14(2)18(13)19-16(22)10-20(3)11-17(23)21(4)15-8-9-26(24,25)12-15/h5-7,15H,8-12H2,1-4H3,(H,19,22)/p+1/t15-/m0/s1. The second-order valence-electron chi connectivity index (χ2n) is 7.19. The van der Waals surface area contributed by atoms with E-state index in [1.54, 1.807) is 14.1 Å². The Labute approximate surface area is 155 Å². The van der Waals surface area contributed by atoms with E-state index in [0.29, 0.717) is 6.42 Å². The lowest BCUT2D eigenvalue weighted by atomic mass is 10.1. The molecule has 1 aliphatic heterocycles. The Bertz CT molecular complexity index is 771. The van der Waals surface area contributed by atoms with Crippen molar-refractivity contribution in [2.75, 3.05) is 44.0 Å². The van der Waals surface area contributed by atoms with Crippen molar-refractivity contribution in [3.63, 3.8) is 0 Å². The number of likely N-dealkylation sites (N-methyl/N-ethyl adjacent to an activating group) is 2. The SMILES string of the molecule is Cc1cccc(C)c1NC(=O)C[NH+](C)CC(=O)N(C)[C@H]1CCS(=O)(=O)C1. The first kappa shape index (κ1) is 20.4. The van der Waals surface area contributed by atoms with Crippen molar-refractivity contribution < 1.29 is 22.9 Å². The van der Waals surface area contributed by atoms with Crippen LogP contribution < -0.4 is 10.2 Å². The molecule has 7 nitrogen and oxygen atoms in total. The summed E-state index contributed by atoms with van der Waals surface area (Å²) in [6.45, 7) is 4.18. The number of amides is 2. The van der Waals surface area contributed by atoms with Crippen molar-refractivity contribution in [1.82, 2.24) is 4.90 Å². The van der Waals surface area contributed by atoms with Gasteiger partial charge in [-0.05, 0) is 31.4 Å². The zero-order valence-electron chi connectivity index (χ0n) is 15.8. The quantitative estimate of drug-likeness (QED) is 0.688. The Balaban J connectivity index is 1.86. The summed E-state index contributed by atoms with van der Waals surface area (Å²) in [7, 11) is 0.387. The summed E-state index contributed by atoms with van der Waals surface area (Å²) >= 11 is 0. The highest BCUT2D eigenvalue weighted by atomic mass is 32.2. The molecule has 0 bridgehead atoms. The summed E-state index contributed by atoms with van der Waals surface area (Å²) in [5, 5.41) is 2.91. The van der Waals surface area contributed by atoms with E-state index >= 15 is 0 Å². The number of hydrogen-bond donors (Lipinski definition) is 2. The fourth-order valence-corrected chi connectivity index (χ4v) is 4.97. The topological polar surface area (TPSA) is 88.0 Å². The van der Waals surface area contributed by atoms with Gasteiger partial charge in [-0.15, -0.1) is 0 Å². The number of rotatable bonds is 6. The molecule has 0 radical (unpaired) electrons. The number of aryl methyl sites for hydroxylation is 2. The van der Waals surface area contributed by atoms with Crippen LogP contribution in [0.3, 0.4) is 0 Å². The van der Waals surface area contributed by atoms with Crippen LogP contribution in [0.25, 0.3) is 0 Å². The first-order chi connectivity index (χ1) is 12.1. The number of hydrogen-bond acceptors (Lipinski definition) is 4. The van der Waals surface area contributed by atoms with Gasteiger partial charge in [0, 0.05) is 18.8 Å². The number of sulfone groups is 1. The zero-order valence-corrected chi connectivity index (χ0v) is 16.6. The van der Waals surface area contributed by atoms with Crippen molar-refractivity contribution in [3.8, 4) is 0 Å². The zero-order chi connectivity index (χ0) is 19.5. The minimum atomic E-state index is -3.03. The highest BCUT2D eigenvalue weighted by molar-refractivity contribution is 7.91. The highest BCUT2D eigenvalue weighted by Gasteiger charge is 2.33. The molecule has 1 aromatic carbocycles. The number of quaternary nitrogens is 1. The molecule has 1 fully saturated rings. The van der Waals surface area contributed by atoms with E-state index < -0.39 is 9.84 Å². The number of para-hydroxylation sites is 1. The van der Waals surface area contributed by atoms with Gasteiger partial charge >= 0.3 is 0 Å². The summed E-state index contributed by atoms with van der Waals surface area (Å²) in [4.78, 5) is 26.9. The summed E-state index contributed by atoms with van der Waals surface area (Å²) in [5.74, 6) is -0.138. The summed E-state index contributed by atoms with van der Waals surface area (Å²) in [5.41, 5.74) is 2.80. The Hall–Kier alpha value is -1.93. The van der Waals surface area contributed by atoms with Gasteiger partial charge in [0.05, 0.1) is 18.6 Å². The fourth-order valence-electron chi connectivity index (χ4n) is 3.20. The number of carbonyl (C=O) groups is 2. The molecule has 8 heteroatoms. The van der Waals surface area contributed by atoms with Crippen LogP contribution in [0, 0.1) is 13.8 Å². The van der Waals surface area contributed by atoms with Crippen LogP contribution in [-0.2, 0) is 19.4 Å². The second-order valence-corrected chi connectivity index (χ2v) is 9.42. The molecule has 0 aliphatic carbocycles. The molecule has 1 unspecified atom stereocenters. The van der Waals surface area contributed by atoms with Crippen molar-refractivity contribution in [2.24, 2.45) is 0 Å². The van der Waals surface area contributed by atoms with Crippen LogP contribution in [0.1, 0.15) is 17.5 Å². The van der Waals surface area contributed by atoms with Crippen molar-refractivity contribution in [1.29, 1.82) is 0 Å². The monoisotopic (exact) mass is 382 g/mol. The number of nitrogens with zero attached hydrogens (tertiary/aromatic N) is 1. The van der Waals surface area contributed by atoms with Gasteiger partial charge in [0.2, 0.25) is 0 Å². The van der Waals surface area contributed by atoms with Crippen LogP contribution in [0.4, 0.5) is 5.69 Å². The molecule has 2 rings (SSSR count). The maximum Gasteiger partial charge on any atom is 0.279 e. The molecular formula is C18H28N3O4S+. The molecule has 1 aromatic rings. The van der Waals surface area contributed by atoms with Crippen molar-refractivity contribution in [2.45, 2.75) is 26.3 Å². The molecule has 26 heavy (non-hydrogen) atoms. The second kappa shape index (κ2) is 8.18. The van der Waals surface area contributed by atoms with Gasteiger partial charge in [-0.2, -0.15) is 0 Å². The maximum atomic E-state index is 12.4. The van der Waals surface area contributed by atoms with E-state index in [-0.39, 0.29) is 42.5 Å². The molecule has 1 saturated heterocycles. The third-order valence-electron chi connectivity index (χ3n) is 4.81. The summed E-state index contributed by atoms with van der Waals surface area (Å²) in [6, 6.07) is 5.56. The van der Waals surface area contributed by atoms with Crippen LogP contribution in [0.5, 0.6) is 0 Å². The molecule has 2 N–H and O–H groups in total. The molecular weight excluding hydrogens is 354 g/mol. The Kier molecular flexibility index (Phi) is 6.41. The van der Waals surface area contributed by atoms with E-state index in [1.807, 2.05) is 32.0 Å². The third kappa shape index (κ3) is 5.28. The van der Waals surface area contributed by atoms with E-state index in [4.69, 9.17) is 0 Å². The van der Waals surface area contributed by atoms with Crippen LogP contribution >= 0.6 is 0 Å². The molecule has 0 spiro atoms. The molecule has 1 aliphatic rings. The van der Waals surface area contributed by atoms with E-state index in [1.165, 1.54) is 4.90 Å². The molecule has 144 valence electrons. The molecule has 0 aromatic heterocycles. The Morgan fingerprint density at radius 2 is 1.85 bits per heavy atom. The predicted octanol–water partition coefficient (Wildman–Crippen LogP) is -0.598. The van der Waals surface area contributed by atoms with Gasteiger partial charge in [-0.1, -0.05) is 18.2 Å². The molecule has 2 amide bonds. The largest absolute Gasteiger partial charge is 0.337 e. The van der Waals surface area contributed by atoms with E-state index in [9.17, 15) is 18.0 Å². The lowest BCUT2D eigenvalue weighted by Crippen LogP contribution is -3.11. The lowest BCUT2D eigenvalue weighted by Gasteiger charge is -2.24. The Morgan fingerprint density at radius 3 is 2.38 bits per heavy atom. The predicted molar refractivity (Wildman–Crippen MR) is 101 cm³/mol. The maximum absolute atomic E-state index is 12.4. The third-order valence-corrected chi connectivity index (χ3v) is 6.56. The van der Waals surface area contributed by atoms with Gasteiger partial charge in [0.1, 0.15) is 0 Å². The van der Waals surface area contributed by atoms with Crippen LogP contribution in [0.2, 0.25) is 0 Å².